The Balaban J connectivity index is 0.00000264. The van der Waals surface area contributed by atoms with Crippen molar-refractivity contribution in [2.75, 3.05) is 26.2 Å². The van der Waals surface area contributed by atoms with Crippen LogP contribution in [0.25, 0.3) is 0 Å². The fourth-order valence-electron chi connectivity index (χ4n) is 2.51. The number of nitrogens with zero attached hydrogens (tertiary/aromatic N) is 2. The zero-order valence-corrected chi connectivity index (χ0v) is 15.5. The Bertz CT molecular complexity index is 494. The van der Waals surface area contributed by atoms with Crippen molar-refractivity contribution in [3.8, 4) is 0 Å². The Morgan fingerprint density at radius 3 is 2.30 bits per heavy atom. The Kier molecular flexibility index (Phi) is 8.15. The van der Waals surface area contributed by atoms with E-state index in [2.05, 4.69) is 15.2 Å². The Morgan fingerprint density at radius 2 is 1.78 bits per heavy atom. The van der Waals surface area contributed by atoms with Crippen LogP contribution in [0.2, 0.25) is 0 Å². The second-order valence-corrected chi connectivity index (χ2v) is 5.37. The van der Waals surface area contributed by atoms with Gasteiger partial charge in [0.15, 0.2) is 5.96 Å². The number of benzene rings is 1. The van der Waals surface area contributed by atoms with Crippen LogP contribution in [0.15, 0.2) is 29.3 Å². The van der Waals surface area contributed by atoms with Crippen LogP contribution in [0.3, 0.4) is 0 Å². The number of likely N-dealkylation sites (tertiary alicyclic amines) is 1. The number of halogens is 4. The molecular formula is C16H23F3IN3. The van der Waals surface area contributed by atoms with E-state index in [1.807, 2.05) is 6.92 Å². The summed E-state index contributed by atoms with van der Waals surface area (Å²) in [6.45, 7) is 5.46. The second kappa shape index (κ2) is 9.34. The van der Waals surface area contributed by atoms with Crippen LogP contribution in [0, 0.1) is 0 Å². The molecule has 7 heteroatoms. The van der Waals surface area contributed by atoms with Crippen LogP contribution in [0.5, 0.6) is 0 Å². The van der Waals surface area contributed by atoms with Crippen molar-refractivity contribution in [3.63, 3.8) is 0 Å². The molecule has 1 N–H and O–H groups in total. The molecular weight excluding hydrogens is 418 g/mol. The van der Waals surface area contributed by atoms with Crippen LogP contribution in [0.4, 0.5) is 13.2 Å². The zero-order chi connectivity index (χ0) is 16.0. The first-order valence-electron chi connectivity index (χ1n) is 7.70. The summed E-state index contributed by atoms with van der Waals surface area (Å²) in [7, 11) is 0. The van der Waals surface area contributed by atoms with E-state index in [0.717, 1.165) is 43.3 Å². The maximum atomic E-state index is 12.5. The van der Waals surface area contributed by atoms with E-state index >= 15 is 0 Å². The lowest BCUT2D eigenvalue weighted by atomic mass is 10.1. The van der Waals surface area contributed by atoms with Crippen molar-refractivity contribution in [3.05, 3.63) is 35.4 Å². The summed E-state index contributed by atoms with van der Waals surface area (Å²) in [6, 6.07) is 5.32. The first-order chi connectivity index (χ1) is 10.5. The first kappa shape index (κ1) is 20.1. The minimum atomic E-state index is -4.27. The molecule has 0 aromatic heterocycles. The molecule has 0 radical (unpaired) electrons. The summed E-state index contributed by atoms with van der Waals surface area (Å²) in [4.78, 5) is 6.80. The fourth-order valence-corrected chi connectivity index (χ4v) is 2.51. The number of hydrogen-bond acceptors (Lipinski definition) is 1. The van der Waals surface area contributed by atoms with Gasteiger partial charge in [0.05, 0.1) is 5.56 Å². The third kappa shape index (κ3) is 6.19. The second-order valence-electron chi connectivity index (χ2n) is 5.37. The van der Waals surface area contributed by atoms with Gasteiger partial charge in [0.25, 0.3) is 0 Å². The van der Waals surface area contributed by atoms with E-state index in [4.69, 9.17) is 0 Å². The van der Waals surface area contributed by atoms with Gasteiger partial charge in [-0.25, -0.2) is 0 Å². The van der Waals surface area contributed by atoms with Crippen molar-refractivity contribution < 1.29 is 13.2 Å². The van der Waals surface area contributed by atoms with E-state index in [1.54, 1.807) is 0 Å². The molecule has 0 aliphatic carbocycles. The molecule has 1 aliphatic rings. The highest BCUT2D eigenvalue weighted by Crippen LogP contribution is 2.29. The van der Waals surface area contributed by atoms with Gasteiger partial charge in [0, 0.05) is 26.2 Å². The van der Waals surface area contributed by atoms with E-state index in [0.29, 0.717) is 13.0 Å². The SMILES string of the molecule is CCNC(=NCCc1ccc(C(F)(F)F)cc1)N1CCCC1.I. The van der Waals surface area contributed by atoms with E-state index < -0.39 is 11.7 Å². The predicted molar refractivity (Wildman–Crippen MR) is 97.3 cm³/mol. The van der Waals surface area contributed by atoms with Gasteiger partial charge in [0.1, 0.15) is 0 Å². The number of alkyl halides is 3. The van der Waals surface area contributed by atoms with Crippen LogP contribution in [-0.2, 0) is 12.6 Å². The number of rotatable bonds is 4. The Labute approximate surface area is 152 Å². The number of guanidine groups is 1. The van der Waals surface area contributed by atoms with E-state index in [9.17, 15) is 13.2 Å². The highest BCUT2D eigenvalue weighted by Gasteiger charge is 2.29. The number of hydrogen-bond donors (Lipinski definition) is 1. The minimum Gasteiger partial charge on any atom is -0.357 e. The summed E-state index contributed by atoms with van der Waals surface area (Å²) >= 11 is 0. The average Bonchev–Trinajstić information content (AvgIpc) is 3.00. The Hall–Kier alpha value is -0.990. The highest BCUT2D eigenvalue weighted by molar-refractivity contribution is 14.0. The van der Waals surface area contributed by atoms with E-state index in [1.165, 1.54) is 25.0 Å². The van der Waals surface area contributed by atoms with Crippen LogP contribution >= 0.6 is 24.0 Å². The van der Waals surface area contributed by atoms with Crippen LogP contribution < -0.4 is 5.32 Å². The molecule has 2 rings (SSSR count). The molecule has 0 atom stereocenters. The summed E-state index contributed by atoms with van der Waals surface area (Å²) in [6.07, 6.45) is -1.27. The summed E-state index contributed by atoms with van der Waals surface area (Å²) in [5.74, 6) is 0.909. The smallest absolute Gasteiger partial charge is 0.357 e. The molecule has 0 amide bonds. The molecule has 1 aromatic rings. The largest absolute Gasteiger partial charge is 0.416 e. The lowest BCUT2D eigenvalue weighted by Gasteiger charge is -2.20. The maximum absolute atomic E-state index is 12.5. The average molecular weight is 441 g/mol. The zero-order valence-electron chi connectivity index (χ0n) is 13.2. The van der Waals surface area contributed by atoms with Gasteiger partial charge in [-0.3, -0.25) is 4.99 Å². The molecule has 1 saturated heterocycles. The summed E-state index contributed by atoms with van der Waals surface area (Å²) in [5, 5.41) is 3.27. The monoisotopic (exact) mass is 441 g/mol. The molecule has 130 valence electrons. The summed E-state index contributed by atoms with van der Waals surface area (Å²) in [5.41, 5.74) is 0.263. The van der Waals surface area contributed by atoms with Gasteiger partial charge in [0.2, 0.25) is 0 Å². The van der Waals surface area contributed by atoms with Crippen molar-refractivity contribution in [1.82, 2.24) is 10.2 Å². The molecule has 0 saturated carbocycles. The van der Waals surface area contributed by atoms with Crippen LogP contribution in [0.1, 0.15) is 30.9 Å². The molecule has 1 fully saturated rings. The van der Waals surface area contributed by atoms with Crippen LogP contribution in [-0.4, -0.2) is 37.0 Å². The van der Waals surface area contributed by atoms with Gasteiger partial charge in [-0.2, -0.15) is 13.2 Å². The molecule has 23 heavy (non-hydrogen) atoms. The van der Waals surface area contributed by atoms with Gasteiger partial charge >= 0.3 is 6.18 Å². The topological polar surface area (TPSA) is 27.6 Å². The molecule has 1 aliphatic heterocycles. The molecule has 0 unspecified atom stereocenters. The summed E-state index contributed by atoms with van der Waals surface area (Å²) < 4.78 is 37.5. The minimum absolute atomic E-state index is 0. The molecule has 3 nitrogen and oxygen atoms in total. The third-order valence-electron chi connectivity index (χ3n) is 3.68. The van der Waals surface area contributed by atoms with E-state index in [-0.39, 0.29) is 24.0 Å². The molecule has 1 heterocycles. The molecule has 1 aromatic carbocycles. The van der Waals surface area contributed by atoms with Crippen molar-refractivity contribution in [2.24, 2.45) is 4.99 Å². The normalized spacial score (nSPS) is 15.5. The molecule has 0 bridgehead atoms. The quantitative estimate of drug-likeness (QED) is 0.436. The van der Waals surface area contributed by atoms with Gasteiger partial charge < -0.3 is 10.2 Å². The first-order valence-corrected chi connectivity index (χ1v) is 7.70. The predicted octanol–water partition coefficient (Wildman–Crippen LogP) is 3.93. The standard InChI is InChI=1S/C16H22F3N3.HI/c1-2-20-15(22-11-3-4-12-22)21-10-9-13-5-7-14(8-6-13)16(17,18)19;/h5-8H,2-4,9-12H2,1H3,(H,20,21);1H. The van der Waals surface area contributed by atoms with Gasteiger partial charge in [-0.15, -0.1) is 24.0 Å². The fraction of sp³-hybridized carbons (Fsp3) is 0.562. The Morgan fingerprint density at radius 1 is 1.17 bits per heavy atom. The van der Waals surface area contributed by atoms with Gasteiger partial charge in [-0.1, -0.05) is 12.1 Å². The number of nitrogens with one attached hydrogen (secondary N) is 1. The lowest BCUT2D eigenvalue weighted by Crippen LogP contribution is -2.39. The highest BCUT2D eigenvalue weighted by atomic mass is 127. The van der Waals surface area contributed by atoms with Gasteiger partial charge in [-0.05, 0) is 43.9 Å². The van der Waals surface area contributed by atoms with Crippen molar-refractivity contribution in [2.45, 2.75) is 32.4 Å². The maximum Gasteiger partial charge on any atom is 0.416 e. The van der Waals surface area contributed by atoms with Crippen molar-refractivity contribution >= 4 is 29.9 Å². The van der Waals surface area contributed by atoms with Crippen molar-refractivity contribution in [1.29, 1.82) is 0 Å². The number of aliphatic imine (C=N–C) groups is 1. The lowest BCUT2D eigenvalue weighted by molar-refractivity contribution is -0.137. The molecule has 0 spiro atoms. The third-order valence-corrected chi connectivity index (χ3v) is 3.68.